The number of hydrogen-bond donors (Lipinski definition) is 3. The highest BCUT2D eigenvalue weighted by molar-refractivity contribution is 7.21. The Hall–Kier alpha value is -2.53. The highest BCUT2D eigenvalue weighted by atomic mass is 32.1. The summed E-state index contributed by atoms with van der Waals surface area (Å²) in [7, 11) is 0. The fourth-order valence-corrected chi connectivity index (χ4v) is 5.00. The number of pyridine rings is 1. The van der Waals surface area contributed by atoms with Gasteiger partial charge in [0.25, 0.3) is 0 Å². The molecule has 3 aromatic rings. The van der Waals surface area contributed by atoms with Crippen LogP contribution in [0.1, 0.15) is 37.1 Å². The van der Waals surface area contributed by atoms with E-state index in [1.54, 1.807) is 13.1 Å². The van der Waals surface area contributed by atoms with Gasteiger partial charge in [0.2, 0.25) is 5.95 Å². The van der Waals surface area contributed by atoms with Crippen LogP contribution in [0, 0.1) is 13.8 Å². The zero-order valence-electron chi connectivity index (χ0n) is 17.2. The summed E-state index contributed by atoms with van der Waals surface area (Å²) >= 11 is 1.45. The third-order valence-corrected chi connectivity index (χ3v) is 6.53. The molecule has 0 bridgehead atoms. The van der Waals surface area contributed by atoms with Gasteiger partial charge in [0.1, 0.15) is 22.9 Å². The molecule has 0 unspecified atom stereocenters. The first-order valence-electron chi connectivity index (χ1n) is 10.0. The van der Waals surface area contributed by atoms with Gasteiger partial charge >= 0.3 is 6.18 Å². The van der Waals surface area contributed by atoms with E-state index in [2.05, 4.69) is 25.6 Å². The van der Waals surface area contributed by atoms with E-state index in [-0.39, 0.29) is 12.6 Å². The second-order valence-electron chi connectivity index (χ2n) is 7.86. The minimum atomic E-state index is -4.39. The number of alkyl halides is 3. The van der Waals surface area contributed by atoms with Gasteiger partial charge in [-0.1, -0.05) is 12.8 Å². The predicted octanol–water partition coefficient (Wildman–Crippen LogP) is 4.46. The number of nitrogens with zero attached hydrogens (tertiary/aromatic N) is 4. The summed E-state index contributed by atoms with van der Waals surface area (Å²) in [6.07, 6.45) is 0.737. The Kier molecular flexibility index (Phi) is 5.73. The van der Waals surface area contributed by atoms with Crippen molar-refractivity contribution in [3.05, 3.63) is 23.7 Å². The molecule has 0 atom stereocenters. The van der Waals surface area contributed by atoms with E-state index in [9.17, 15) is 18.3 Å². The van der Waals surface area contributed by atoms with Crippen LogP contribution in [0.2, 0.25) is 0 Å². The number of aliphatic hydroxyl groups excluding tert-OH is 1. The maximum absolute atomic E-state index is 12.7. The lowest BCUT2D eigenvalue weighted by Crippen LogP contribution is -2.39. The number of hydrogen-bond acceptors (Lipinski definition) is 8. The quantitative estimate of drug-likeness (QED) is 0.508. The zero-order chi connectivity index (χ0) is 22.2. The van der Waals surface area contributed by atoms with E-state index in [4.69, 9.17) is 4.98 Å². The molecular formula is C20H23F3N6OS. The van der Waals surface area contributed by atoms with Crippen molar-refractivity contribution in [2.45, 2.75) is 51.2 Å². The number of rotatable bonds is 6. The Morgan fingerprint density at radius 1 is 1.13 bits per heavy atom. The Bertz CT molecular complexity index is 1090. The third kappa shape index (κ3) is 4.57. The smallest absolute Gasteiger partial charge is 0.394 e. The summed E-state index contributed by atoms with van der Waals surface area (Å²) in [5.74, 6) is 0.254. The van der Waals surface area contributed by atoms with Crippen molar-refractivity contribution in [3.8, 4) is 10.6 Å². The van der Waals surface area contributed by atoms with Crippen molar-refractivity contribution in [2.24, 2.45) is 0 Å². The second-order valence-corrected chi connectivity index (χ2v) is 8.89. The zero-order valence-corrected chi connectivity index (χ0v) is 18.0. The van der Waals surface area contributed by atoms with Gasteiger partial charge in [-0.05, 0) is 32.8 Å². The van der Waals surface area contributed by atoms with Crippen molar-refractivity contribution < 1.29 is 18.3 Å². The molecule has 11 heteroatoms. The minimum Gasteiger partial charge on any atom is -0.394 e. The monoisotopic (exact) mass is 452 g/mol. The minimum absolute atomic E-state index is 0.0936. The van der Waals surface area contributed by atoms with E-state index in [0.29, 0.717) is 22.1 Å². The molecule has 0 radical (unpaired) electrons. The maximum Gasteiger partial charge on any atom is 0.405 e. The predicted molar refractivity (Wildman–Crippen MR) is 114 cm³/mol. The van der Waals surface area contributed by atoms with Gasteiger partial charge in [0.15, 0.2) is 0 Å². The molecule has 3 heterocycles. The number of aryl methyl sites for hydroxylation is 2. The van der Waals surface area contributed by atoms with Gasteiger partial charge in [-0.2, -0.15) is 18.2 Å². The van der Waals surface area contributed by atoms with E-state index in [1.807, 2.05) is 13.0 Å². The Morgan fingerprint density at radius 2 is 1.87 bits per heavy atom. The maximum atomic E-state index is 12.7. The molecule has 0 saturated heterocycles. The highest BCUT2D eigenvalue weighted by Crippen LogP contribution is 2.40. The van der Waals surface area contributed by atoms with Gasteiger partial charge in [-0.15, -0.1) is 11.3 Å². The number of aliphatic hydroxyl groups is 1. The lowest BCUT2D eigenvalue weighted by atomic mass is 9.98. The van der Waals surface area contributed by atoms with Gasteiger partial charge in [-0.3, -0.25) is 4.98 Å². The van der Waals surface area contributed by atoms with E-state index in [0.717, 1.165) is 41.6 Å². The van der Waals surface area contributed by atoms with Crippen LogP contribution in [-0.2, 0) is 0 Å². The van der Waals surface area contributed by atoms with Crippen LogP contribution >= 0.6 is 11.3 Å². The fourth-order valence-electron chi connectivity index (χ4n) is 3.89. The van der Waals surface area contributed by atoms with Crippen molar-refractivity contribution in [1.29, 1.82) is 0 Å². The first-order valence-corrected chi connectivity index (χ1v) is 10.8. The molecule has 166 valence electrons. The van der Waals surface area contributed by atoms with Crippen LogP contribution in [0.25, 0.3) is 20.8 Å². The number of thiazole rings is 1. The van der Waals surface area contributed by atoms with Crippen LogP contribution in [0.15, 0.2) is 12.3 Å². The van der Waals surface area contributed by atoms with Crippen LogP contribution in [0.4, 0.5) is 24.9 Å². The molecular weight excluding hydrogens is 429 g/mol. The van der Waals surface area contributed by atoms with Gasteiger partial charge < -0.3 is 15.7 Å². The highest BCUT2D eigenvalue weighted by Gasteiger charge is 2.35. The van der Waals surface area contributed by atoms with E-state index >= 15 is 0 Å². The van der Waals surface area contributed by atoms with Crippen molar-refractivity contribution in [2.75, 3.05) is 23.8 Å². The second kappa shape index (κ2) is 8.19. The summed E-state index contributed by atoms with van der Waals surface area (Å²) < 4.78 is 39.1. The summed E-state index contributed by atoms with van der Waals surface area (Å²) in [5, 5.41) is 16.3. The number of nitrogens with one attached hydrogen (secondary N) is 2. The van der Waals surface area contributed by atoms with Gasteiger partial charge in [0, 0.05) is 6.20 Å². The van der Waals surface area contributed by atoms with Crippen molar-refractivity contribution in [3.63, 3.8) is 0 Å². The van der Waals surface area contributed by atoms with Crippen LogP contribution in [0.3, 0.4) is 0 Å². The van der Waals surface area contributed by atoms with E-state index in [1.165, 1.54) is 11.3 Å². The average Bonchev–Trinajstić information content (AvgIpc) is 3.34. The summed E-state index contributed by atoms with van der Waals surface area (Å²) in [6.45, 7) is 2.27. The molecule has 1 aliphatic carbocycles. The van der Waals surface area contributed by atoms with E-state index < -0.39 is 18.3 Å². The largest absolute Gasteiger partial charge is 0.405 e. The third-order valence-electron chi connectivity index (χ3n) is 5.49. The molecule has 0 amide bonds. The lowest BCUT2D eigenvalue weighted by Gasteiger charge is -2.30. The molecule has 0 spiro atoms. The summed E-state index contributed by atoms with van der Waals surface area (Å²) in [4.78, 5) is 17.6. The van der Waals surface area contributed by atoms with Crippen LogP contribution < -0.4 is 10.6 Å². The number of fused-ring (bicyclic) bond motifs is 1. The average molecular weight is 453 g/mol. The molecule has 1 saturated carbocycles. The molecule has 4 rings (SSSR count). The molecule has 0 aliphatic heterocycles. The van der Waals surface area contributed by atoms with Crippen LogP contribution in [-0.4, -0.2) is 49.9 Å². The Balaban J connectivity index is 1.81. The number of anilines is 2. The van der Waals surface area contributed by atoms with Crippen LogP contribution in [0.5, 0.6) is 0 Å². The number of halogens is 3. The normalized spacial score (nSPS) is 16.1. The Morgan fingerprint density at radius 3 is 2.52 bits per heavy atom. The lowest BCUT2D eigenvalue weighted by molar-refractivity contribution is -0.115. The Labute approximate surface area is 181 Å². The molecule has 7 nitrogen and oxygen atoms in total. The molecule has 1 aliphatic rings. The van der Waals surface area contributed by atoms with Gasteiger partial charge in [-0.25, -0.2) is 9.97 Å². The summed E-state index contributed by atoms with van der Waals surface area (Å²) in [5.41, 5.74) is 2.12. The standard InChI is InChI=1S/C20H23F3N6OS/c1-11-14(17-27-15-12(2)24-8-5-13(15)31-17)16(29-19(10-30)6-3-4-7-19)28-18(26-11)25-9-20(21,22)23/h5,8,30H,3-4,6-7,9-10H2,1-2H3,(H2,25,26,28,29). The topological polar surface area (TPSA) is 95.9 Å². The van der Waals surface area contributed by atoms with Crippen molar-refractivity contribution in [1.82, 2.24) is 19.9 Å². The number of aromatic nitrogens is 4. The summed E-state index contributed by atoms with van der Waals surface area (Å²) in [6, 6.07) is 1.87. The first kappa shape index (κ1) is 21.7. The first-order chi connectivity index (χ1) is 14.7. The molecule has 0 aromatic carbocycles. The SMILES string of the molecule is Cc1nc(NCC(F)(F)F)nc(NC2(CO)CCCC2)c1-c1nc2c(C)nccc2s1. The molecule has 1 fully saturated rings. The molecule has 3 N–H and O–H groups in total. The fraction of sp³-hybridized carbons (Fsp3) is 0.500. The molecule has 31 heavy (non-hydrogen) atoms. The molecule has 3 aromatic heterocycles. The van der Waals surface area contributed by atoms with Gasteiger partial charge in [0.05, 0.1) is 33.8 Å². The van der Waals surface area contributed by atoms with Crippen molar-refractivity contribution >= 4 is 33.3 Å².